The first-order valence-electron chi connectivity index (χ1n) is 5.93. The third kappa shape index (κ3) is 2.93. The van der Waals surface area contributed by atoms with Gasteiger partial charge in [-0.1, -0.05) is 12.1 Å². The Morgan fingerprint density at radius 1 is 1.22 bits per heavy atom. The summed E-state index contributed by atoms with van der Waals surface area (Å²) in [4.78, 5) is 0. The van der Waals surface area contributed by atoms with Crippen LogP contribution < -0.4 is 0 Å². The third-order valence-corrected chi connectivity index (χ3v) is 3.06. The third-order valence-electron chi connectivity index (χ3n) is 3.06. The van der Waals surface area contributed by atoms with Crippen molar-refractivity contribution < 1.29 is 17.9 Å². The summed E-state index contributed by atoms with van der Waals surface area (Å²) in [5.74, 6) is 0. The van der Waals surface area contributed by atoms with Gasteiger partial charge in [-0.2, -0.15) is 13.2 Å². The van der Waals surface area contributed by atoms with E-state index >= 15 is 0 Å². The molecule has 0 fully saturated rings. The number of hydrogen-bond donors (Lipinski definition) is 0. The zero-order valence-electron chi connectivity index (χ0n) is 10.2. The monoisotopic (exact) mass is 256 g/mol. The molecule has 1 aliphatic rings. The van der Waals surface area contributed by atoms with Crippen molar-refractivity contribution in [2.45, 2.75) is 32.5 Å². The quantitative estimate of drug-likeness (QED) is 0.667. The Labute approximate surface area is 104 Å². The highest BCUT2D eigenvalue weighted by Gasteiger charge is 2.31. The second-order valence-electron chi connectivity index (χ2n) is 4.45. The summed E-state index contributed by atoms with van der Waals surface area (Å²) in [6.07, 6.45) is -0.449. The highest BCUT2D eigenvalue weighted by molar-refractivity contribution is 5.67. The van der Waals surface area contributed by atoms with Crippen LogP contribution in [0.4, 0.5) is 13.2 Å². The molecule has 1 aromatic carbocycles. The molecule has 98 valence electrons. The van der Waals surface area contributed by atoms with Gasteiger partial charge in [-0.25, -0.2) is 0 Å². The lowest BCUT2D eigenvalue weighted by molar-refractivity contribution is -0.137. The van der Waals surface area contributed by atoms with Gasteiger partial charge in [0.25, 0.3) is 0 Å². The molecular weight excluding hydrogens is 241 g/mol. The lowest BCUT2D eigenvalue weighted by atomic mass is 9.98. The molecule has 1 aliphatic heterocycles. The second-order valence-corrected chi connectivity index (χ2v) is 4.45. The van der Waals surface area contributed by atoms with Crippen LogP contribution in [0.1, 0.15) is 36.5 Å². The predicted molar refractivity (Wildman–Crippen MR) is 64.0 cm³/mol. The predicted octanol–water partition coefficient (Wildman–Crippen LogP) is 4.42. The largest absolute Gasteiger partial charge is 0.416 e. The topological polar surface area (TPSA) is 9.23 Å². The zero-order chi connectivity index (χ0) is 13.2. The number of halogens is 3. The molecule has 0 aromatic heterocycles. The van der Waals surface area contributed by atoms with E-state index in [2.05, 4.69) is 6.08 Å². The Morgan fingerprint density at radius 2 is 2.00 bits per heavy atom. The summed E-state index contributed by atoms with van der Waals surface area (Å²) in [5.41, 5.74) is 1.87. The lowest BCUT2D eigenvalue weighted by Crippen LogP contribution is -2.07. The number of fused-ring (bicyclic) bond motifs is 1. The van der Waals surface area contributed by atoms with E-state index in [0.717, 1.165) is 30.0 Å². The van der Waals surface area contributed by atoms with Gasteiger partial charge >= 0.3 is 6.18 Å². The van der Waals surface area contributed by atoms with E-state index in [1.165, 1.54) is 6.07 Å². The van der Waals surface area contributed by atoms with Crippen LogP contribution in [-0.4, -0.2) is 6.61 Å². The van der Waals surface area contributed by atoms with E-state index < -0.39 is 11.7 Å². The first-order valence-corrected chi connectivity index (χ1v) is 5.93. The van der Waals surface area contributed by atoms with Crippen molar-refractivity contribution in [3.05, 3.63) is 41.0 Å². The van der Waals surface area contributed by atoms with E-state index in [9.17, 15) is 13.2 Å². The van der Waals surface area contributed by atoms with Gasteiger partial charge in [0, 0.05) is 6.61 Å². The maximum Gasteiger partial charge on any atom is 0.416 e. The van der Waals surface area contributed by atoms with Crippen molar-refractivity contribution in [1.29, 1.82) is 0 Å². The summed E-state index contributed by atoms with van der Waals surface area (Å²) >= 11 is 0. The fourth-order valence-corrected chi connectivity index (χ4v) is 2.07. The van der Waals surface area contributed by atoms with Crippen molar-refractivity contribution in [2.75, 3.05) is 6.61 Å². The molecule has 1 heterocycles. The summed E-state index contributed by atoms with van der Waals surface area (Å²) in [6.45, 7) is 2.75. The lowest BCUT2D eigenvalue weighted by Gasteiger charge is -2.13. The van der Waals surface area contributed by atoms with Crippen LogP contribution >= 0.6 is 0 Å². The molecule has 1 aromatic rings. The van der Waals surface area contributed by atoms with Gasteiger partial charge in [-0.05, 0) is 48.6 Å². The standard InChI is InChI=1S/C14H15F3O/c1-10-4-2-3-7-18-9-11-8-12(14(15,16)17)5-6-13(10)11/h4-6,8H,2-3,7,9H2,1H3/b10-4-. The first kappa shape index (κ1) is 13.1. The Balaban J connectivity index is 2.44. The minimum atomic E-state index is -4.30. The molecule has 18 heavy (non-hydrogen) atoms. The average molecular weight is 256 g/mol. The zero-order valence-corrected chi connectivity index (χ0v) is 10.2. The molecule has 0 N–H and O–H groups in total. The molecule has 1 nitrogen and oxygen atoms in total. The normalized spacial score (nSPS) is 20.1. The summed E-state index contributed by atoms with van der Waals surface area (Å²) in [5, 5.41) is 0. The van der Waals surface area contributed by atoms with Crippen molar-refractivity contribution in [3.63, 3.8) is 0 Å². The maximum absolute atomic E-state index is 12.7. The Kier molecular flexibility index (Phi) is 3.76. The minimum absolute atomic E-state index is 0.241. The summed E-state index contributed by atoms with van der Waals surface area (Å²) < 4.78 is 43.4. The Bertz CT molecular complexity index is 461. The second kappa shape index (κ2) is 5.14. The van der Waals surface area contributed by atoms with E-state index in [-0.39, 0.29) is 6.61 Å². The van der Waals surface area contributed by atoms with E-state index in [4.69, 9.17) is 4.74 Å². The molecule has 0 atom stereocenters. The number of rotatable bonds is 0. The molecule has 0 bridgehead atoms. The van der Waals surface area contributed by atoms with Gasteiger partial charge in [-0.15, -0.1) is 0 Å². The summed E-state index contributed by atoms with van der Waals surface area (Å²) in [6, 6.07) is 3.87. The van der Waals surface area contributed by atoms with Crippen LogP contribution in [0.5, 0.6) is 0 Å². The number of hydrogen-bond acceptors (Lipinski definition) is 1. The smallest absolute Gasteiger partial charge is 0.377 e. The van der Waals surface area contributed by atoms with Gasteiger partial charge in [0.1, 0.15) is 0 Å². The Hall–Kier alpha value is -1.29. The highest BCUT2D eigenvalue weighted by Crippen LogP contribution is 2.32. The molecule has 0 unspecified atom stereocenters. The molecule has 0 spiro atoms. The first-order chi connectivity index (χ1) is 8.48. The van der Waals surface area contributed by atoms with Crippen LogP contribution in [0.3, 0.4) is 0 Å². The van der Waals surface area contributed by atoms with Crippen LogP contribution in [0, 0.1) is 0 Å². The molecule has 4 heteroatoms. The van der Waals surface area contributed by atoms with Crippen LogP contribution in [-0.2, 0) is 17.5 Å². The highest BCUT2D eigenvalue weighted by atomic mass is 19.4. The van der Waals surface area contributed by atoms with Crippen molar-refractivity contribution >= 4 is 5.57 Å². The van der Waals surface area contributed by atoms with E-state index in [1.54, 1.807) is 6.07 Å². The molecule has 0 aliphatic carbocycles. The van der Waals surface area contributed by atoms with Gasteiger partial charge in [0.05, 0.1) is 12.2 Å². The number of allylic oxidation sites excluding steroid dienone is 2. The van der Waals surface area contributed by atoms with Gasteiger partial charge in [0.2, 0.25) is 0 Å². The summed E-state index contributed by atoms with van der Waals surface area (Å²) in [7, 11) is 0. The van der Waals surface area contributed by atoms with Crippen molar-refractivity contribution in [1.82, 2.24) is 0 Å². The van der Waals surface area contributed by atoms with Crippen molar-refractivity contribution in [3.8, 4) is 0 Å². The molecule has 2 rings (SSSR count). The maximum atomic E-state index is 12.7. The molecular formula is C14H15F3O. The van der Waals surface area contributed by atoms with Gasteiger partial charge in [0.15, 0.2) is 0 Å². The van der Waals surface area contributed by atoms with Crippen LogP contribution in [0.15, 0.2) is 24.3 Å². The number of alkyl halides is 3. The van der Waals surface area contributed by atoms with Crippen molar-refractivity contribution in [2.24, 2.45) is 0 Å². The van der Waals surface area contributed by atoms with E-state index in [1.807, 2.05) is 6.92 Å². The molecule has 0 amide bonds. The van der Waals surface area contributed by atoms with Crippen LogP contribution in [0.2, 0.25) is 0 Å². The SMILES string of the molecule is C/C1=C/CCCOCc2cc(C(F)(F)F)ccc21. The number of ether oxygens (including phenoxy) is 1. The minimum Gasteiger partial charge on any atom is -0.377 e. The molecule has 0 saturated carbocycles. The number of benzene rings is 1. The van der Waals surface area contributed by atoms with E-state index in [0.29, 0.717) is 12.2 Å². The average Bonchev–Trinajstić information content (AvgIpc) is 2.39. The van der Waals surface area contributed by atoms with Gasteiger partial charge < -0.3 is 4.74 Å². The van der Waals surface area contributed by atoms with Crippen LogP contribution in [0.25, 0.3) is 5.57 Å². The Morgan fingerprint density at radius 3 is 2.72 bits per heavy atom. The fourth-order valence-electron chi connectivity index (χ4n) is 2.07. The molecule has 0 saturated heterocycles. The van der Waals surface area contributed by atoms with Gasteiger partial charge in [-0.3, -0.25) is 0 Å². The fraction of sp³-hybridized carbons (Fsp3) is 0.429. The molecule has 0 radical (unpaired) electrons.